The Morgan fingerprint density at radius 2 is 2.18 bits per heavy atom. The van der Waals surface area contributed by atoms with Crippen molar-refractivity contribution in [2.75, 3.05) is 0 Å². The molecule has 0 fully saturated rings. The van der Waals surface area contributed by atoms with Gasteiger partial charge < -0.3 is 9.72 Å². The summed E-state index contributed by atoms with van der Waals surface area (Å²) in [7, 11) is 0. The van der Waals surface area contributed by atoms with Gasteiger partial charge >= 0.3 is 0 Å². The summed E-state index contributed by atoms with van der Waals surface area (Å²) in [5.74, 6) is 0.954. The maximum atomic E-state index is 12.0. The number of benzene rings is 1. The van der Waals surface area contributed by atoms with Gasteiger partial charge in [0.15, 0.2) is 5.76 Å². The van der Waals surface area contributed by atoms with Crippen LogP contribution >= 0.6 is 0 Å². The maximum absolute atomic E-state index is 12.0. The second kappa shape index (κ2) is 3.63. The van der Waals surface area contributed by atoms with Gasteiger partial charge in [0.1, 0.15) is 5.75 Å². The van der Waals surface area contributed by atoms with Gasteiger partial charge in [-0.25, -0.2) is 0 Å². The molecule has 3 nitrogen and oxygen atoms in total. The molecule has 0 aliphatic carbocycles. The predicted octanol–water partition coefficient (Wildman–Crippen LogP) is 2.94. The van der Waals surface area contributed by atoms with Gasteiger partial charge in [0, 0.05) is 18.0 Å². The molecule has 1 aliphatic rings. The van der Waals surface area contributed by atoms with Gasteiger partial charge in [-0.1, -0.05) is 6.07 Å². The lowest BCUT2D eigenvalue weighted by Gasteiger charge is -1.98. The van der Waals surface area contributed by atoms with E-state index in [0.717, 1.165) is 11.3 Å². The lowest BCUT2D eigenvalue weighted by molar-refractivity contribution is 0.101. The van der Waals surface area contributed by atoms with E-state index in [1.54, 1.807) is 6.08 Å². The topological polar surface area (TPSA) is 42.1 Å². The van der Waals surface area contributed by atoms with Crippen molar-refractivity contribution >= 4 is 11.9 Å². The Balaban J connectivity index is 2.02. The van der Waals surface area contributed by atoms with Gasteiger partial charge in [0.05, 0.1) is 5.56 Å². The van der Waals surface area contributed by atoms with Gasteiger partial charge in [0.25, 0.3) is 0 Å². The molecule has 0 saturated heterocycles. The number of hydrogen-bond donors (Lipinski definition) is 1. The third-order valence-electron chi connectivity index (χ3n) is 2.73. The van der Waals surface area contributed by atoms with Gasteiger partial charge in [-0.15, -0.1) is 0 Å². The molecular weight excluding hydrogens is 214 g/mol. The lowest BCUT2D eigenvalue weighted by Crippen LogP contribution is -1.97. The number of aromatic nitrogens is 1. The fraction of sp³-hybridized carbons (Fsp3) is 0.0714. The minimum Gasteiger partial charge on any atom is -0.452 e. The van der Waals surface area contributed by atoms with Crippen LogP contribution in [0.3, 0.4) is 0 Å². The highest BCUT2D eigenvalue weighted by molar-refractivity contribution is 6.14. The number of ether oxygens (including phenoxy) is 1. The first-order valence-corrected chi connectivity index (χ1v) is 5.42. The van der Waals surface area contributed by atoms with Gasteiger partial charge in [0.2, 0.25) is 5.78 Å². The van der Waals surface area contributed by atoms with E-state index < -0.39 is 0 Å². The van der Waals surface area contributed by atoms with Crippen molar-refractivity contribution in [1.82, 2.24) is 4.98 Å². The van der Waals surface area contributed by atoms with Gasteiger partial charge in [-0.2, -0.15) is 0 Å². The third-order valence-corrected chi connectivity index (χ3v) is 2.73. The number of hydrogen-bond acceptors (Lipinski definition) is 2. The zero-order valence-electron chi connectivity index (χ0n) is 9.36. The van der Waals surface area contributed by atoms with Crippen molar-refractivity contribution in [3.63, 3.8) is 0 Å². The molecule has 0 bridgehead atoms. The Bertz CT molecular complexity index is 609. The first kappa shape index (κ1) is 9.90. The van der Waals surface area contributed by atoms with Crippen LogP contribution in [0.25, 0.3) is 6.08 Å². The van der Waals surface area contributed by atoms with Crippen molar-refractivity contribution in [2.45, 2.75) is 6.92 Å². The summed E-state index contributed by atoms with van der Waals surface area (Å²) in [4.78, 5) is 15.0. The molecule has 0 radical (unpaired) electrons. The summed E-state index contributed by atoms with van der Waals surface area (Å²) in [6.07, 6.45) is 3.53. The number of Topliss-reactive ketones (excluding diaryl/α,β-unsaturated/α-hetero) is 1. The average molecular weight is 225 g/mol. The summed E-state index contributed by atoms with van der Waals surface area (Å²) in [6.45, 7) is 1.97. The number of aromatic amines is 1. The molecular formula is C14H11NO2. The Hall–Kier alpha value is -2.29. The SMILES string of the molecule is Cc1ccc2c(c1)O/C(=C\c1ccc[nH]1)C2=O. The first-order valence-electron chi connectivity index (χ1n) is 5.42. The van der Waals surface area contributed by atoms with Crippen LogP contribution in [0, 0.1) is 6.92 Å². The van der Waals surface area contributed by atoms with Gasteiger partial charge in [-0.3, -0.25) is 4.79 Å². The van der Waals surface area contributed by atoms with Crippen LogP contribution in [0.2, 0.25) is 0 Å². The number of aryl methyl sites for hydroxylation is 1. The number of fused-ring (bicyclic) bond motifs is 1. The molecule has 3 heteroatoms. The maximum Gasteiger partial charge on any atom is 0.232 e. The molecule has 0 spiro atoms. The highest BCUT2D eigenvalue weighted by Gasteiger charge is 2.27. The molecule has 1 aromatic heterocycles. The van der Waals surface area contributed by atoms with Crippen LogP contribution in [0.15, 0.2) is 42.3 Å². The molecule has 17 heavy (non-hydrogen) atoms. The lowest BCUT2D eigenvalue weighted by atomic mass is 10.1. The van der Waals surface area contributed by atoms with E-state index in [4.69, 9.17) is 4.74 Å². The van der Waals surface area contributed by atoms with Crippen molar-refractivity contribution in [3.8, 4) is 5.75 Å². The van der Waals surface area contributed by atoms with Crippen LogP contribution < -0.4 is 4.74 Å². The zero-order valence-corrected chi connectivity index (χ0v) is 9.36. The third kappa shape index (κ3) is 1.65. The van der Waals surface area contributed by atoms with E-state index in [2.05, 4.69) is 4.98 Å². The van der Waals surface area contributed by atoms with Crippen molar-refractivity contribution in [2.24, 2.45) is 0 Å². The fourth-order valence-electron chi connectivity index (χ4n) is 1.87. The number of rotatable bonds is 1. The molecule has 2 aromatic rings. The normalized spacial score (nSPS) is 16.1. The number of nitrogens with one attached hydrogen (secondary N) is 1. The standard InChI is InChI=1S/C14H11NO2/c1-9-4-5-11-12(7-9)17-13(14(11)16)8-10-3-2-6-15-10/h2-8,15H,1H3/b13-8-. The number of carbonyl (C=O) groups is 1. The minimum absolute atomic E-state index is 0.0606. The van der Waals surface area contributed by atoms with Crippen LogP contribution in [0.1, 0.15) is 21.6 Å². The zero-order chi connectivity index (χ0) is 11.8. The van der Waals surface area contributed by atoms with E-state index in [1.807, 2.05) is 43.5 Å². The Morgan fingerprint density at radius 1 is 1.29 bits per heavy atom. The summed E-state index contributed by atoms with van der Waals surface area (Å²) in [5.41, 5.74) is 2.57. The van der Waals surface area contributed by atoms with Crippen LogP contribution in [-0.2, 0) is 0 Å². The van der Waals surface area contributed by atoms with E-state index in [0.29, 0.717) is 17.1 Å². The molecule has 0 saturated carbocycles. The number of H-pyrrole nitrogens is 1. The average Bonchev–Trinajstić information content (AvgIpc) is 2.89. The van der Waals surface area contributed by atoms with Gasteiger partial charge in [-0.05, 0) is 36.8 Å². The number of carbonyl (C=O) groups excluding carboxylic acids is 1. The van der Waals surface area contributed by atoms with E-state index in [9.17, 15) is 4.79 Å². The second-order valence-corrected chi connectivity index (χ2v) is 4.06. The first-order chi connectivity index (χ1) is 8.24. The quantitative estimate of drug-likeness (QED) is 0.758. The fourth-order valence-corrected chi connectivity index (χ4v) is 1.87. The molecule has 1 aromatic carbocycles. The Morgan fingerprint density at radius 3 is 2.94 bits per heavy atom. The second-order valence-electron chi connectivity index (χ2n) is 4.06. The summed E-state index contributed by atoms with van der Waals surface area (Å²) in [5, 5.41) is 0. The van der Waals surface area contributed by atoms with Crippen molar-refractivity contribution in [1.29, 1.82) is 0 Å². The molecule has 1 N–H and O–H groups in total. The Kier molecular flexibility index (Phi) is 2.11. The van der Waals surface area contributed by atoms with E-state index in [1.165, 1.54) is 0 Å². The highest BCUT2D eigenvalue weighted by Crippen LogP contribution is 2.32. The highest BCUT2D eigenvalue weighted by atomic mass is 16.5. The van der Waals surface area contributed by atoms with Crippen LogP contribution in [0.4, 0.5) is 0 Å². The van der Waals surface area contributed by atoms with Crippen LogP contribution in [-0.4, -0.2) is 10.8 Å². The monoisotopic (exact) mass is 225 g/mol. The molecule has 2 heterocycles. The minimum atomic E-state index is -0.0606. The van der Waals surface area contributed by atoms with E-state index >= 15 is 0 Å². The molecule has 0 amide bonds. The predicted molar refractivity (Wildman–Crippen MR) is 64.9 cm³/mol. The summed E-state index contributed by atoms with van der Waals surface area (Å²) in [6, 6.07) is 9.37. The number of allylic oxidation sites excluding steroid dienone is 1. The smallest absolute Gasteiger partial charge is 0.232 e. The summed E-state index contributed by atoms with van der Waals surface area (Å²) >= 11 is 0. The largest absolute Gasteiger partial charge is 0.452 e. The number of ketones is 1. The molecule has 1 aliphatic heterocycles. The Labute approximate surface area is 98.7 Å². The van der Waals surface area contributed by atoms with Crippen LogP contribution in [0.5, 0.6) is 5.75 Å². The molecule has 84 valence electrons. The molecule has 0 unspecified atom stereocenters. The van der Waals surface area contributed by atoms with E-state index in [-0.39, 0.29) is 5.78 Å². The summed E-state index contributed by atoms with van der Waals surface area (Å²) < 4.78 is 5.56. The molecule has 0 atom stereocenters. The van der Waals surface area contributed by atoms with Crippen molar-refractivity contribution in [3.05, 3.63) is 59.1 Å². The molecule has 3 rings (SSSR count). The van der Waals surface area contributed by atoms with Crippen molar-refractivity contribution < 1.29 is 9.53 Å².